The molecule has 0 radical (unpaired) electrons. The molecule has 24 heavy (non-hydrogen) atoms. The van der Waals surface area contributed by atoms with Crippen LogP contribution in [-0.4, -0.2) is 18.2 Å². The third-order valence-electron chi connectivity index (χ3n) is 3.24. The quantitative estimate of drug-likeness (QED) is 0.580. The van der Waals surface area contributed by atoms with E-state index in [0.717, 1.165) is 12.8 Å². The fourth-order valence-corrected chi connectivity index (χ4v) is 2.41. The standard InChI is InChI=1S/C18H18Cl2N2O2/c1-13(24-17-10-9-15(19)12-16(17)20)18(23)22-21-11-5-8-14-6-3-2-4-7-14/h2-4,6-7,9-13H,5,8H2,1H3,(H,22,23)/b21-11+. The Morgan fingerprint density at radius 3 is 2.71 bits per heavy atom. The third-order valence-corrected chi connectivity index (χ3v) is 3.77. The monoisotopic (exact) mass is 364 g/mol. The highest BCUT2D eigenvalue weighted by Crippen LogP contribution is 2.28. The van der Waals surface area contributed by atoms with Crippen LogP contribution in [0.2, 0.25) is 10.0 Å². The maximum atomic E-state index is 11.9. The normalized spacial score (nSPS) is 12.1. The molecule has 126 valence electrons. The molecule has 0 saturated heterocycles. The van der Waals surface area contributed by atoms with Gasteiger partial charge in [-0.1, -0.05) is 53.5 Å². The minimum Gasteiger partial charge on any atom is -0.479 e. The highest BCUT2D eigenvalue weighted by molar-refractivity contribution is 6.35. The van der Waals surface area contributed by atoms with E-state index in [9.17, 15) is 4.79 Å². The lowest BCUT2D eigenvalue weighted by Crippen LogP contribution is -2.33. The second kappa shape index (κ2) is 9.30. The summed E-state index contributed by atoms with van der Waals surface area (Å²) in [5, 5.41) is 4.79. The van der Waals surface area contributed by atoms with Gasteiger partial charge in [-0.15, -0.1) is 0 Å². The van der Waals surface area contributed by atoms with Gasteiger partial charge in [0.05, 0.1) is 5.02 Å². The summed E-state index contributed by atoms with van der Waals surface area (Å²) in [4.78, 5) is 11.9. The zero-order valence-corrected chi connectivity index (χ0v) is 14.7. The number of nitrogens with one attached hydrogen (secondary N) is 1. The van der Waals surface area contributed by atoms with E-state index in [4.69, 9.17) is 27.9 Å². The van der Waals surface area contributed by atoms with Crippen molar-refractivity contribution in [3.05, 3.63) is 64.1 Å². The largest absolute Gasteiger partial charge is 0.479 e. The molecule has 1 unspecified atom stereocenters. The number of ether oxygens (including phenoxy) is 1. The molecule has 2 rings (SSSR count). The Morgan fingerprint density at radius 2 is 2.00 bits per heavy atom. The van der Waals surface area contributed by atoms with E-state index in [1.54, 1.807) is 31.3 Å². The summed E-state index contributed by atoms with van der Waals surface area (Å²) in [6.07, 6.45) is 2.55. The van der Waals surface area contributed by atoms with Crippen molar-refractivity contribution in [3.8, 4) is 5.75 Å². The van der Waals surface area contributed by atoms with Crippen LogP contribution in [0, 0.1) is 0 Å². The number of benzene rings is 2. The van der Waals surface area contributed by atoms with Crippen LogP contribution in [0.3, 0.4) is 0 Å². The molecule has 0 spiro atoms. The lowest BCUT2D eigenvalue weighted by atomic mass is 10.1. The van der Waals surface area contributed by atoms with Crippen molar-refractivity contribution >= 4 is 35.3 Å². The van der Waals surface area contributed by atoms with Gasteiger partial charge in [0.1, 0.15) is 5.75 Å². The van der Waals surface area contributed by atoms with Crippen molar-refractivity contribution in [2.45, 2.75) is 25.9 Å². The summed E-state index contributed by atoms with van der Waals surface area (Å²) < 4.78 is 5.51. The molecule has 0 aliphatic rings. The molecule has 2 aromatic rings. The summed E-state index contributed by atoms with van der Waals surface area (Å²) in [5.74, 6) is 0.0498. The molecule has 1 atom stereocenters. The molecule has 0 aliphatic carbocycles. The maximum Gasteiger partial charge on any atom is 0.280 e. The molecular weight excluding hydrogens is 347 g/mol. The van der Waals surface area contributed by atoms with Gasteiger partial charge in [-0.05, 0) is 43.5 Å². The van der Waals surface area contributed by atoms with E-state index >= 15 is 0 Å². The molecule has 6 heteroatoms. The maximum absolute atomic E-state index is 11.9. The first kappa shape index (κ1) is 18.3. The first-order valence-electron chi connectivity index (χ1n) is 7.53. The van der Waals surface area contributed by atoms with Crippen LogP contribution in [0.4, 0.5) is 0 Å². The summed E-state index contributed by atoms with van der Waals surface area (Å²) >= 11 is 11.8. The number of hydrogen-bond acceptors (Lipinski definition) is 3. The van der Waals surface area contributed by atoms with Gasteiger partial charge in [-0.2, -0.15) is 5.10 Å². The molecular formula is C18H18Cl2N2O2. The number of aryl methyl sites for hydroxylation is 1. The summed E-state index contributed by atoms with van der Waals surface area (Å²) in [7, 11) is 0. The SMILES string of the molecule is CC(Oc1ccc(Cl)cc1Cl)C(=O)N/N=C/CCc1ccccc1. The Labute approximate surface area is 151 Å². The van der Waals surface area contributed by atoms with Crippen LogP contribution in [-0.2, 0) is 11.2 Å². The smallest absolute Gasteiger partial charge is 0.280 e. The molecule has 0 aromatic heterocycles. The van der Waals surface area contributed by atoms with Crippen molar-refractivity contribution in [3.63, 3.8) is 0 Å². The number of amides is 1. The lowest BCUT2D eigenvalue weighted by Gasteiger charge is -2.14. The first-order chi connectivity index (χ1) is 11.6. The number of carbonyl (C=O) groups is 1. The van der Waals surface area contributed by atoms with Crippen LogP contribution >= 0.6 is 23.2 Å². The van der Waals surface area contributed by atoms with Gasteiger partial charge >= 0.3 is 0 Å². The van der Waals surface area contributed by atoms with E-state index in [1.165, 1.54) is 5.56 Å². The second-order valence-electron chi connectivity index (χ2n) is 5.15. The zero-order valence-electron chi connectivity index (χ0n) is 13.2. The van der Waals surface area contributed by atoms with Gasteiger partial charge in [0.2, 0.25) is 0 Å². The number of rotatable bonds is 7. The number of hydrazone groups is 1. The number of carbonyl (C=O) groups excluding carboxylic acids is 1. The number of halogens is 2. The highest BCUT2D eigenvalue weighted by Gasteiger charge is 2.15. The minimum atomic E-state index is -0.727. The third kappa shape index (κ3) is 5.87. The Morgan fingerprint density at radius 1 is 1.25 bits per heavy atom. The molecule has 4 nitrogen and oxygen atoms in total. The number of nitrogens with zero attached hydrogens (tertiary/aromatic N) is 1. The summed E-state index contributed by atoms with van der Waals surface area (Å²) in [5.41, 5.74) is 3.68. The van der Waals surface area contributed by atoms with Crippen LogP contribution < -0.4 is 10.2 Å². The topological polar surface area (TPSA) is 50.7 Å². The fraction of sp³-hybridized carbons (Fsp3) is 0.222. The van der Waals surface area contributed by atoms with E-state index < -0.39 is 6.10 Å². The summed E-state index contributed by atoms with van der Waals surface area (Å²) in [6.45, 7) is 1.62. The fourth-order valence-electron chi connectivity index (χ4n) is 1.96. The van der Waals surface area contributed by atoms with E-state index in [0.29, 0.717) is 15.8 Å². The Hall–Kier alpha value is -2.04. The van der Waals surface area contributed by atoms with Crippen molar-refractivity contribution in [2.75, 3.05) is 0 Å². The van der Waals surface area contributed by atoms with Gasteiger partial charge < -0.3 is 4.74 Å². The number of hydrogen-bond donors (Lipinski definition) is 1. The minimum absolute atomic E-state index is 0.350. The van der Waals surface area contributed by atoms with Crippen molar-refractivity contribution in [1.29, 1.82) is 0 Å². The van der Waals surface area contributed by atoms with Gasteiger partial charge in [-0.25, -0.2) is 5.43 Å². The second-order valence-corrected chi connectivity index (χ2v) is 5.99. The van der Waals surface area contributed by atoms with E-state index in [1.807, 2.05) is 18.2 Å². The van der Waals surface area contributed by atoms with Crippen LogP contribution in [0.5, 0.6) is 5.75 Å². The highest BCUT2D eigenvalue weighted by atomic mass is 35.5. The molecule has 0 bridgehead atoms. The lowest BCUT2D eigenvalue weighted by molar-refractivity contribution is -0.127. The Bertz CT molecular complexity index is 705. The van der Waals surface area contributed by atoms with Crippen LogP contribution in [0.1, 0.15) is 18.9 Å². The average molecular weight is 365 g/mol. The van der Waals surface area contributed by atoms with Gasteiger partial charge in [-0.3, -0.25) is 4.79 Å². The molecule has 0 aliphatic heterocycles. The molecule has 0 saturated carbocycles. The Balaban J connectivity index is 1.76. The van der Waals surface area contributed by atoms with E-state index in [2.05, 4.69) is 22.7 Å². The van der Waals surface area contributed by atoms with Gasteiger partial charge in [0.15, 0.2) is 6.10 Å². The van der Waals surface area contributed by atoms with Gasteiger partial charge in [0.25, 0.3) is 5.91 Å². The predicted molar refractivity (Wildman–Crippen MR) is 97.9 cm³/mol. The van der Waals surface area contributed by atoms with Crippen LogP contribution in [0.25, 0.3) is 0 Å². The van der Waals surface area contributed by atoms with Crippen molar-refractivity contribution < 1.29 is 9.53 Å². The molecule has 1 N–H and O–H groups in total. The van der Waals surface area contributed by atoms with Gasteiger partial charge in [0, 0.05) is 11.2 Å². The van der Waals surface area contributed by atoms with Crippen LogP contribution in [0.15, 0.2) is 53.6 Å². The first-order valence-corrected chi connectivity index (χ1v) is 8.29. The van der Waals surface area contributed by atoms with E-state index in [-0.39, 0.29) is 5.91 Å². The van der Waals surface area contributed by atoms with Crippen molar-refractivity contribution in [2.24, 2.45) is 5.10 Å². The zero-order chi connectivity index (χ0) is 17.4. The molecule has 1 amide bonds. The predicted octanol–water partition coefficient (Wildman–Crippen LogP) is 4.50. The molecule has 2 aromatic carbocycles. The average Bonchev–Trinajstić information content (AvgIpc) is 2.57. The molecule has 0 heterocycles. The Kier molecular flexibility index (Phi) is 7.09. The summed E-state index contributed by atoms with van der Waals surface area (Å²) in [6, 6.07) is 14.9. The van der Waals surface area contributed by atoms with Crippen molar-refractivity contribution in [1.82, 2.24) is 5.43 Å². The molecule has 0 fully saturated rings.